The minimum absolute atomic E-state index is 0. The summed E-state index contributed by atoms with van der Waals surface area (Å²) in [4.78, 5) is 16.5. The van der Waals surface area contributed by atoms with Crippen LogP contribution in [0.15, 0.2) is 71.7 Å². The normalized spacial score (nSPS) is 11.0. The number of carbonyl (C=O) groups is 1. The van der Waals surface area contributed by atoms with E-state index in [1.54, 1.807) is 7.05 Å². The van der Waals surface area contributed by atoms with Crippen LogP contribution in [0.4, 0.5) is 0 Å². The molecule has 0 radical (unpaired) electrons. The number of fused-ring (bicyclic) bond motifs is 1. The van der Waals surface area contributed by atoms with Gasteiger partial charge in [-0.15, -0.1) is 24.0 Å². The fourth-order valence-corrected chi connectivity index (χ4v) is 3.48. The van der Waals surface area contributed by atoms with E-state index in [0.717, 1.165) is 44.0 Å². The maximum absolute atomic E-state index is 11.8. The van der Waals surface area contributed by atoms with Crippen LogP contribution in [0.2, 0.25) is 0 Å². The van der Waals surface area contributed by atoms with Crippen LogP contribution in [0.5, 0.6) is 0 Å². The number of nitrogens with one attached hydrogen (secondary N) is 3. The number of hydrogen-bond acceptors (Lipinski definition) is 2. The molecule has 1 amide bonds. The van der Waals surface area contributed by atoms with Crippen LogP contribution in [0.25, 0.3) is 10.8 Å². The van der Waals surface area contributed by atoms with E-state index in [1.165, 1.54) is 16.3 Å². The number of nitrogens with zero attached hydrogens (tertiary/aromatic N) is 1. The fraction of sp³-hybridized carbons (Fsp3) is 0.280. The Kier molecular flexibility index (Phi) is 10.3. The first-order valence-electron chi connectivity index (χ1n) is 10.5. The Balaban J connectivity index is 0.00000341. The van der Waals surface area contributed by atoms with E-state index in [2.05, 4.69) is 65.3 Å². The average molecular weight is 530 g/mol. The van der Waals surface area contributed by atoms with Crippen molar-refractivity contribution in [2.24, 2.45) is 4.99 Å². The zero-order chi connectivity index (χ0) is 21.2. The molecule has 0 spiro atoms. The average Bonchev–Trinajstić information content (AvgIpc) is 2.79. The van der Waals surface area contributed by atoms with Gasteiger partial charge in [-0.05, 0) is 53.8 Å². The van der Waals surface area contributed by atoms with Gasteiger partial charge in [0.25, 0.3) is 5.91 Å². The Labute approximate surface area is 201 Å². The quantitative estimate of drug-likeness (QED) is 0.233. The Morgan fingerprint density at radius 1 is 0.935 bits per heavy atom. The highest BCUT2D eigenvalue weighted by atomic mass is 127. The second-order valence-electron chi connectivity index (χ2n) is 7.11. The fourth-order valence-electron chi connectivity index (χ4n) is 3.48. The molecule has 0 aliphatic carbocycles. The summed E-state index contributed by atoms with van der Waals surface area (Å²) in [7, 11) is 1.65. The molecule has 0 saturated heterocycles. The highest BCUT2D eigenvalue weighted by Crippen LogP contribution is 2.18. The first-order valence-corrected chi connectivity index (χ1v) is 10.5. The predicted octanol–water partition coefficient (Wildman–Crippen LogP) is 4.16. The van der Waals surface area contributed by atoms with Crippen LogP contribution in [0.1, 0.15) is 28.4 Å². The Hall–Kier alpha value is -2.61. The lowest BCUT2D eigenvalue weighted by atomic mass is 10.0. The van der Waals surface area contributed by atoms with E-state index in [9.17, 15) is 4.79 Å². The first kappa shape index (κ1) is 24.7. The van der Waals surface area contributed by atoms with E-state index in [0.29, 0.717) is 5.56 Å². The van der Waals surface area contributed by atoms with Gasteiger partial charge in [0.15, 0.2) is 5.96 Å². The molecule has 3 rings (SSSR count). The molecule has 3 aromatic carbocycles. The van der Waals surface area contributed by atoms with Crippen molar-refractivity contribution in [1.82, 2.24) is 16.0 Å². The van der Waals surface area contributed by atoms with Crippen LogP contribution >= 0.6 is 24.0 Å². The molecule has 5 nitrogen and oxygen atoms in total. The Morgan fingerprint density at radius 2 is 1.71 bits per heavy atom. The van der Waals surface area contributed by atoms with E-state index < -0.39 is 0 Å². The molecule has 0 saturated carbocycles. The third-order valence-corrected chi connectivity index (χ3v) is 5.00. The van der Waals surface area contributed by atoms with Crippen molar-refractivity contribution in [2.45, 2.75) is 19.8 Å². The molecular weight excluding hydrogens is 499 g/mol. The molecule has 0 aliphatic rings. The zero-order valence-corrected chi connectivity index (χ0v) is 20.5. The molecule has 0 aliphatic heterocycles. The highest BCUT2D eigenvalue weighted by Gasteiger charge is 2.04. The molecule has 6 heteroatoms. The highest BCUT2D eigenvalue weighted by molar-refractivity contribution is 14.0. The number of aliphatic imine (C=N–C) groups is 1. The van der Waals surface area contributed by atoms with Gasteiger partial charge in [0.2, 0.25) is 0 Å². The van der Waals surface area contributed by atoms with Crippen molar-refractivity contribution < 1.29 is 4.79 Å². The molecule has 31 heavy (non-hydrogen) atoms. The van der Waals surface area contributed by atoms with Gasteiger partial charge in [-0.25, -0.2) is 0 Å². The Bertz CT molecular complexity index is 1010. The molecule has 0 fully saturated rings. The maximum atomic E-state index is 11.8. The molecule has 0 aromatic heterocycles. The van der Waals surface area contributed by atoms with E-state index >= 15 is 0 Å². The van der Waals surface area contributed by atoms with Crippen molar-refractivity contribution in [1.29, 1.82) is 0 Å². The molecular formula is C25H31IN4O. The van der Waals surface area contributed by atoms with Gasteiger partial charge in [0.05, 0.1) is 0 Å². The minimum atomic E-state index is -0.0619. The van der Waals surface area contributed by atoms with Gasteiger partial charge in [0, 0.05) is 32.2 Å². The summed E-state index contributed by atoms with van der Waals surface area (Å²) >= 11 is 0. The summed E-state index contributed by atoms with van der Waals surface area (Å²) in [6.45, 7) is 4.34. The van der Waals surface area contributed by atoms with E-state index in [1.807, 2.05) is 24.3 Å². The molecule has 0 heterocycles. The second kappa shape index (κ2) is 12.9. The monoisotopic (exact) mass is 530 g/mol. The van der Waals surface area contributed by atoms with Crippen molar-refractivity contribution in [3.8, 4) is 0 Å². The van der Waals surface area contributed by atoms with Gasteiger partial charge >= 0.3 is 0 Å². The number of rotatable bonds is 8. The summed E-state index contributed by atoms with van der Waals surface area (Å²) in [6, 6.07) is 22.6. The summed E-state index contributed by atoms with van der Waals surface area (Å²) in [5.74, 6) is 0.758. The molecule has 3 N–H and O–H groups in total. The summed E-state index contributed by atoms with van der Waals surface area (Å²) in [6.07, 6.45) is 1.71. The number of carbonyl (C=O) groups excluding carboxylic acids is 1. The van der Waals surface area contributed by atoms with Crippen LogP contribution in [-0.2, 0) is 12.8 Å². The molecule has 3 aromatic rings. The molecule has 0 atom stereocenters. The van der Waals surface area contributed by atoms with Crippen molar-refractivity contribution >= 4 is 46.6 Å². The van der Waals surface area contributed by atoms with Gasteiger partial charge < -0.3 is 16.0 Å². The zero-order valence-electron chi connectivity index (χ0n) is 18.2. The molecule has 0 unspecified atom stereocenters. The SMILES string of the molecule is CCNC(=NCCc1cccc2ccccc12)NCCc1cccc(C(=O)NC)c1.I. The summed E-state index contributed by atoms with van der Waals surface area (Å²) in [5.41, 5.74) is 3.12. The molecule has 0 bridgehead atoms. The van der Waals surface area contributed by atoms with E-state index in [-0.39, 0.29) is 29.9 Å². The Morgan fingerprint density at radius 3 is 2.52 bits per heavy atom. The number of guanidine groups is 1. The third-order valence-electron chi connectivity index (χ3n) is 5.00. The number of amides is 1. The standard InChI is InChI=1S/C25H30N4O.HI/c1-3-27-25(28-16-14-19-8-6-12-22(18-19)24(30)26-2)29-17-15-21-11-7-10-20-9-4-5-13-23(20)21;/h4-13,18H,3,14-17H2,1-2H3,(H,26,30)(H2,27,28,29);1H. The van der Waals surface area contributed by atoms with Crippen LogP contribution in [-0.4, -0.2) is 38.5 Å². The largest absolute Gasteiger partial charge is 0.357 e. The summed E-state index contributed by atoms with van der Waals surface area (Å²) < 4.78 is 0. The first-order chi connectivity index (χ1) is 14.7. The lowest BCUT2D eigenvalue weighted by molar-refractivity contribution is 0.0963. The van der Waals surface area contributed by atoms with Gasteiger partial charge in [-0.3, -0.25) is 9.79 Å². The predicted molar refractivity (Wildman–Crippen MR) is 141 cm³/mol. The van der Waals surface area contributed by atoms with Crippen molar-refractivity contribution in [3.63, 3.8) is 0 Å². The van der Waals surface area contributed by atoms with Gasteiger partial charge in [-0.2, -0.15) is 0 Å². The topological polar surface area (TPSA) is 65.5 Å². The third kappa shape index (κ3) is 7.24. The maximum Gasteiger partial charge on any atom is 0.251 e. The molecule has 164 valence electrons. The van der Waals surface area contributed by atoms with E-state index in [4.69, 9.17) is 4.99 Å². The van der Waals surface area contributed by atoms with Gasteiger partial charge in [-0.1, -0.05) is 54.6 Å². The second-order valence-corrected chi connectivity index (χ2v) is 7.11. The van der Waals surface area contributed by atoms with Crippen molar-refractivity contribution in [2.75, 3.05) is 26.7 Å². The summed E-state index contributed by atoms with van der Waals surface area (Å²) in [5, 5.41) is 11.9. The van der Waals surface area contributed by atoms with Gasteiger partial charge in [0.1, 0.15) is 0 Å². The number of halogens is 1. The lowest BCUT2D eigenvalue weighted by Crippen LogP contribution is -2.38. The number of hydrogen-bond donors (Lipinski definition) is 3. The van der Waals surface area contributed by atoms with Crippen molar-refractivity contribution in [3.05, 3.63) is 83.4 Å². The lowest BCUT2D eigenvalue weighted by Gasteiger charge is -2.12. The smallest absolute Gasteiger partial charge is 0.251 e. The number of benzene rings is 3. The van der Waals surface area contributed by atoms with Crippen LogP contribution in [0, 0.1) is 0 Å². The van der Waals surface area contributed by atoms with Crippen LogP contribution < -0.4 is 16.0 Å². The van der Waals surface area contributed by atoms with Crippen LogP contribution in [0.3, 0.4) is 0 Å². The minimum Gasteiger partial charge on any atom is -0.357 e.